The molecule has 0 radical (unpaired) electrons. The van der Waals surface area contributed by atoms with E-state index < -0.39 is 0 Å². The first-order valence-electron chi connectivity index (χ1n) is 5.73. The highest BCUT2D eigenvalue weighted by Crippen LogP contribution is 2.19. The molecule has 2 rings (SSSR count). The summed E-state index contributed by atoms with van der Waals surface area (Å²) in [6, 6.07) is 7.95. The molecule has 2 nitrogen and oxygen atoms in total. The highest BCUT2D eigenvalue weighted by molar-refractivity contribution is 6.30. The lowest BCUT2D eigenvalue weighted by Crippen LogP contribution is -2.39. The molecule has 0 aliphatic carbocycles. The lowest BCUT2D eigenvalue weighted by molar-refractivity contribution is -0.113. The monoisotopic (exact) mass is 237 g/mol. The SMILES string of the molecule is O=CC1CCCCN1Cc1ccc(Cl)cc1. The third kappa shape index (κ3) is 2.83. The molecule has 1 saturated heterocycles. The summed E-state index contributed by atoms with van der Waals surface area (Å²) < 4.78 is 0. The Kier molecular flexibility index (Phi) is 3.97. The number of halogens is 1. The van der Waals surface area contributed by atoms with E-state index in [0.29, 0.717) is 0 Å². The topological polar surface area (TPSA) is 20.3 Å². The Bertz CT molecular complexity index is 349. The average Bonchev–Trinajstić information content (AvgIpc) is 2.33. The number of piperidine rings is 1. The molecule has 1 aliphatic heterocycles. The number of benzene rings is 1. The van der Waals surface area contributed by atoms with Crippen molar-refractivity contribution in [1.29, 1.82) is 0 Å². The Hall–Kier alpha value is -0.860. The van der Waals surface area contributed by atoms with Gasteiger partial charge in [-0.25, -0.2) is 0 Å². The van der Waals surface area contributed by atoms with E-state index in [-0.39, 0.29) is 6.04 Å². The van der Waals surface area contributed by atoms with Gasteiger partial charge in [-0.1, -0.05) is 30.2 Å². The van der Waals surface area contributed by atoms with Crippen LogP contribution in [0.2, 0.25) is 5.02 Å². The molecule has 1 aromatic rings. The van der Waals surface area contributed by atoms with Crippen LogP contribution in [0.1, 0.15) is 24.8 Å². The van der Waals surface area contributed by atoms with Crippen molar-refractivity contribution in [1.82, 2.24) is 4.90 Å². The molecule has 0 spiro atoms. The fourth-order valence-electron chi connectivity index (χ4n) is 2.19. The van der Waals surface area contributed by atoms with Gasteiger partial charge in [0.25, 0.3) is 0 Å². The molecule has 0 aromatic heterocycles. The Morgan fingerprint density at radius 2 is 2.06 bits per heavy atom. The summed E-state index contributed by atoms with van der Waals surface area (Å²) in [7, 11) is 0. The van der Waals surface area contributed by atoms with Gasteiger partial charge in [0.1, 0.15) is 6.29 Å². The van der Waals surface area contributed by atoms with Gasteiger partial charge in [0.15, 0.2) is 0 Å². The predicted molar refractivity (Wildman–Crippen MR) is 65.6 cm³/mol. The van der Waals surface area contributed by atoms with Crippen LogP contribution in [0.15, 0.2) is 24.3 Å². The third-order valence-electron chi connectivity index (χ3n) is 3.12. The van der Waals surface area contributed by atoms with E-state index in [1.807, 2.05) is 24.3 Å². The molecule has 0 saturated carbocycles. The predicted octanol–water partition coefficient (Wildman–Crippen LogP) is 2.89. The molecular weight excluding hydrogens is 222 g/mol. The number of carbonyl (C=O) groups is 1. The summed E-state index contributed by atoms with van der Waals surface area (Å²) in [5.41, 5.74) is 1.22. The van der Waals surface area contributed by atoms with Gasteiger partial charge in [-0.05, 0) is 37.1 Å². The number of nitrogens with zero attached hydrogens (tertiary/aromatic N) is 1. The van der Waals surface area contributed by atoms with Crippen LogP contribution in [0.3, 0.4) is 0 Å². The fourth-order valence-corrected chi connectivity index (χ4v) is 2.32. The number of hydrogen-bond donors (Lipinski definition) is 0. The van der Waals surface area contributed by atoms with Crippen LogP contribution in [0.4, 0.5) is 0 Å². The zero-order chi connectivity index (χ0) is 11.4. The van der Waals surface area contributed by atoms with Gasteiger partial charge in [-0.2, -0.15) is 0 Å². The molecule has 86 valence electrons. The minimum absolute atomic E-state index is 0.101. The average molecular weight is 238 g/mol. The van der Waals surface area contributed by atoms with Crippen molar-refractivity contribution in [3.63, 3.8) is 0 Å². The largest absolute Gasteiger partial charge is 0.302 e. The molecule has 3 heteroatoms. The van der Waals surface area contributed by atoms with Crippen LogP contribution in [0.5, 0.6) is 0 Å². The first kappa shape index (κ1) is 11.6. The fraction of sp³-hybridized carbons (Fsp3) is 0.462. The van der Waals surface area contributed by atoms with E-state index in [9.17, 15) is 4.79 Å². The van der Waals surface area contributed by atoms with Crippen LogP contribution in [-0.2, 0) is 11.3 Å². The van der Waals surface area contributed by atoms with Gasteiger partial charge in [0.2, 0.25) is 0 Å². The third-order valence-corrected chi connectivity index (χ3v) is 3.37. The summed E-state index contributed by atoms with van der Waals surface area (Å²) in [5.74, 6) is 0. The first-order chi connectivity index (χ1) is 7.79. The smallest absolute Gasteiger partial charge is 0.137 e. The number of rotatable bonds is 3. The summed E-state index contributed by atoms with van der Waals surface area (Å²) in [6.07, 6.45) is 4.44. The van der Waals surface area contributed by atoms with Gasteiger partial charge in [0, 0.05) is 11.6 Å². The minimum atomic E-state index is 0.101. The number of hydrogen-bond acceptors (Lipinski definition) is 2. The van der Waals surface area contributed by atoms with Crippen molar-refractivity contribution in [3.8, 4) is 0 Å². The Labute approximate surface area is 101 Å². The number of likely N-dealkylation sites (tertiary alicyclic amines) is 1. The van der Waals surface area contributed by atoms with Gasteiger partial charge in [-0.3, -0.25) is 4.90 Å². The van der Waals surface area contributed by atoms with Crippen molar-refractivity contribution in [3.05, 3.63) is 34.9 Å². The molecule has 1 atom stereocenters. The second-order valence-electron chi connectivity index (χ2n) is 4.30. The van der Waals surface area contributed by atoms with Crippen LogP contribution >= 0.6 is 11.6 Å². The first-order valence-corrected chi connectivity index (χ1v) is 6.11. The number of carbonyl (C=O) groups excluding carboxylic acids is 1. The maximum absolute atomic E-state index is 11.0. The molecule has 1 aliphatic rings. The molecule has 1 unspecified atom stereocenters. The molecular formula is C13H16ClNO. The Morgan fingerprint density at radius 3 is 2.75 bits per heavy atom. The zero-order valence-corrected chi connectivity index (χ0v) is 9.99. The van der Waals surface area contributed by atoms with E-state index in [1.54, 1.807) is 0 Å². The second kappa shape index (κ2) is 5.46. The highest BCUT2D eigenvalue weighted by Gasteiger charge is 2.21. The van der Waals surface area contributed by atoms with Crippen LogP contribution < -0.4 is 0 Å². The lowest BCUT2D eigenvalue weighted by atomic mass is 10.0. The van der Waals surface area contributed by atoms with Crippen LogP contribution in [-0.4, -0.2) is 23.8 Å². The van der Waals surface area contributed by atoms with Crippen molar-refractivity contribution < 1.29 is 4.79 Å². The number of aldehydes is 1. The molecule has 0 amide bonds. The normalized spacial score (nSPS) is 21.9. The molecule has 1 heterocycles. The quantitative estimate of drug-likeness (QED) is 0.754. The lowest BCUT2D eigenvalue weighted by Gasteiger charge is -2.32. The van der Waals surface area contributed by atoms with E-state index in [0.717, 1.165) is 30.8 Å². The summed E-state index contributed by atoms with van der Waals surface area (Å²) in [5, 5.41) is 0.759. The second-order valence-corrected chi connectivity index (χ2v) is 4.73. The summed E-state index contributed by atoms with van der Waals surface area (Å²) in [6.45, 7) is 1.87. The van der Waals surface area contributed by atoms with E-state index in [4.69, 9.17) is 11.6 Å². The summed E-state index contributed by atoms with van der Waals surface area (Å²) in [4.78, 5) is 13.2. The van der Waals surface area contributed by atoms with Crippen molar-refractivity contribution in [2.24, 2.45) is 0 Å². The van der Waals surface area contributed by atoms with Crippen LogP contribution in [0.25, 0.3) is 0 Å². The van der Waals surface area contributed by atoms with Gasteiger partial charge >= 0.3 is 0 Å². The van der Waals surface area contributed by atoms with Crippen molar-refractivity contribution >= 4 is 17.9 Å². The minimum Gasteiger partial charge on any atom is -0.302 e. The standard InChI is InChI=1S/C13H16ClNO/c14-12-6-4-11(5-7-12)9-15-8-2-1-3-13(15)10-16/h4-7,10,13H,1-3,8-9H2. The van der Waals surface area contributed by atoms with Crippen molar-refractivity contribution in [2.75, 3.05) is 6.54 Å². The van der Waals surface area contributed by atoms with Gasteiger partial charge < -0.3 is 4.79 Å². The van der Waals surface area contributed by atoms with Gasteiger partial charge in [0.05, 0.1) is 6.04 Å². The Morgan fingerprint density at radius 1 is 1.31 bits per heavy atom. The molecule has 0 bridgehead atoms. The van der Waals surface area contributed by atoms with E-state index in [1.165, 1.54) is 18.4 Å². The summed E-state index contributed by atoms with van der Waals surface area (Å²) >= 11 is 5.84. The Balaban J connectivity index is 2.02. The van der Waals surface area contributed by atoms with Crippen molar-refractivity contribution in [2.45, 2.75) is 31.8 Å². The zero-order valence-electron chi connectivity index (χ0n) is 9.23. The highest BCUT2D eigenvalue weighted by atomic mass is 35.5. The van der Waals surface area contributed by atoms with E-state index in [2.05, 4.69) is 4.90 Å². The van der Waals surface area contributed by atoms with Crippen LogP contribution in [0, 0.1) is 0 Å². The molecule has 1 fully saturated rings. The van der Waals surface area contributed by atoms with Gasteiger partial charge in [-0.15, -0.1) is 0 Å². The molecule has 16 heavy (non-hydrogen) atoms. The molecule has 0 N–H and O–H groups in total. The maximum atomic E-state index is 11.0. The maximum Gasteiger partial charge on any atom is 0.137 e. The van der Waals surface area contributed by atoms with E-state index >= 15 is 0 Å². The molecule has 1 aromatic carbocycles.